The number of ether oxygens (including phenoxy) is 1. The van der Waals surface area contributed by atoms with Crippen molar-refractivity contribution in [2.45, 2.75) is 20.4 Å². The van der Waals surface area contributed by atoms with Gasteiger partial charge in [-0.1, -0.05) is 6.07 Å². The first kappa shape index (κ1) is 16.8. The van der Waals surface area contributed by atoms with E-state index in [0.717, 1.165) is 29.0 Å². The van der Waals surface area contributed by atoms with E-state index in [2.05, 4.69) is 26.8 Å². The monoisotopic (exact) mass is 362 g/mol. The number of benzene rings is 1. The lowest BCUT2D eigenvalue weighted by molar-refractivity contribution is -0.114. The summed E-state index contributed by atoms with van der Waals surface area (Å²) in [6, 6.07) is 10.9. The maximum Gasteiger partial charge on any atom is 0.221 e. The maximum atomic E-state index is 11.2. The first-order chi connectivity index (χ1) is 13.1. The standard InChI is InChI=1S/C20H18N4O3/c1-3-24-18-10-19(27-16-6-4-5-15(9-16)22-13(2)25)21-11-17(18)23-20(24)14-7-8-26-12-14/h4-12H,3H2,1-2H3,(H,22,25). The van der Waals surface area contributed by atoms with Crippen LogP contribution in [0.1, 0.15) is 13.8 Å². The molecular formula is C20H18N4O3. The van der Waals surface area contributed by atoms with E-state index in [4.69, 9.17) is 9.15 Å². The summed E-state index contributed by atoms with van der Waals surface area (Å²) in [4.78, 5) is 20.2. The molecule has 0 bridgehead atoms. The van der Waals surface area contributed by atoms with Crippen LogP contribution in [0.2, 0.25) is 0 Å². The van der Waals surface area contributed by atoms with Crippen molar-refractivity contribution in [3.8, 4) is 23.0 Å². The predicted octanol–water partition coefficient (Wildman–Crippen LogP) is 4.46. The summed E-state index contributed by atoms with van der Waals surface area (Å²) in [5.41, 5.74) is 3.30. The van der Waals surface area contributed by atoms with Crippen molar-refractivity contribution in [2.24, 2.45) is 0 Å². The van der Waals surface area contributed by atoms with Crippen molar-refractivity contribution in [3.63, 3.8) is 0 Å². The molecule has 4 aromatic rings. The lowest BCUT2D eigenvalue weighted by atomic mass is 10.3. The van der Waals surface area contributed by atoms with Gasteiger partial charge in [0.15, 0.2) is 0 Å². The molecule has 0 radical (unpaired) electrons. The molecule has 1 amide bonds. The van der Waals surface area contributed by atoms with Gasteiger partial charge in [0.05, 0.1) is 23.5 Å². The molecule has 1 aromatic carbocycles. The van der Waals surface area contributed by atoms with E-state index in [1.165, 1.54) is 6.92 Å². The number of hydrogen-bond donors (Lipinski definition) is 1. The second-order valence-corrected chi connectivity index (χ2v) is 6.01. The summed E-state index contributed by atoms with van der Waals surface area (Å²) in [6.07, 6.45) is 4.99. The van der Waals surface area contributed by atoms with Crippen LogP contribution >= 0.6 is 0 Å². The number of amides is 1. The number of pyridine rings is 1. The van der Waals surface area contributed by atoms with Crippen LogP contribution in [0, 0.1) is 0 Å². The highest BCUT2D eigenvalue weighted by Crippen LogP contribution is 2.29. The minimum absolute atomic E-state index is 0.134. The Morgan fingerprint density at radius 1 is 1.30 bits per heavy atom. The van der Waals surface area contributed by atoms with Crippen molar-refractivity contribution < 1.29 is 13.9 Å². The lowest BCUT2D eigenvalue weighted by Crippen LogP contribution is -2.05. The minimum atomic E-state index is -0.134. The van der Waals surface area contributed by atoms with E-state index in [1.807, 2.05) is 24.3 Å². The molecule has 0 aliphatic rings. The summed E-state index contributed by atoms with van der Waals surface area (Å²) in [6.45, 7) is 4.27. The molecule has 0 aliphatic heterocycles. The average Bonchev–Trinajstić information content (AvgIpc) is 3.28. The van der Waals surface area contributed by atoms with Crippen LogP contribution in [-0.4, -0.2) is 20.4 Å². The Balaban J connectivity index is 1.68. The number of hydrogen-bond acceptors (Lipinski definition) is 5. The fourth-order valence-electron chi connectivity index (χ4n) is 2.96. The van der Waals surface area contributed by atoms with Crippen molar-refractivity contribution >= 4 is 22.6 Å². The Morgan fingerprint density at radius 2 is 2.19 bits per heavy atom. The molecular weight excluding hydrogens is 344 g/mol. The molecule has 7 heteroatoms. The van der Waals surface area contributed by atoms with E-state index in [9.17, 15) is 4.79 Å². The van der Waals surface area contributed by atoms with Gasteiger partial charge >= 0.3 is 0 Å². The Bertz CT molecular complexity index is 1100. The molecule has 0 spiro atoms. The number of aromatic nitrogens is 3. The molecule has 0 atom stereocenters. The highest BCUT2D eigenvalue weighted by molar-refractivity contribution is 5.88. The zero-order valence-corrected chi connectivity index (χ0v) is 15.0. The Hall–Kier alpha value is -3.61. The Morgan fingerprint density at radius 3 is 2.93 bits per heavy atom. The lowest BCUT2D eigenvalue weighted by Gasteiger charge is -2.08. The zero-order chi connectivity index (χ0) is 18.8. The van der Waals surface area contributed by atoms with Gasteiger partial charge in [0, 0.05) is 31.3 Å². The molecule has 3 heterocycles. The van der Waals surface area contributed by atoms with Gasteiger partial charge in [-0.3, -0.25) is 4.79 Å². The third-order valence-corrected chi connectivity index (χ3v) is 4.08. The number of carbonyl (C=O) groups excluding carboxylic acids is 1. The van der Waals surface area contributed by atoms with Gasteiger partial charge in [-0.05, 0) is 25.1 Å². The third kappa shape index (κ3) is 3.39. The van der Waals surface area contributed by atoms with Crippen LogP contribution in [0.5, 0.6) is 11.6 Å². The molecule has 3 aromatic heterocycles. The topological polar surface area (TPSA) is 82.2 Å². The predicted molar refractivity (Wildman–Crippen MR) is 102 cm³/mol. The number of anilines is 1. The van der Waals surface area contributed by atoms with Crippen LogP contribution in [0.15, 0.2) is 59.5 Å². The molecule has 27 heavy (non-hydrogen) atoms. The first-order valence-corrected chi connectivity index (χ1v) is 8.58. The quantitative estimate of drug-likeness (QED) is 0.567. The van der Waals surface area contributed by atoms with Crippen LogP contribution in [0.4, 0.5) is 5.69 Å². The van der Waals surface area contributed by atoms with Crippen molar-refractivity contribution in [1.29, 1.82) is 0 Å². The minimum Gasteiger partial charge on any atom is -0.472 e. The maximum absolute atomic E-state index is 11.2. The molecule has 136 valence electrons. The molecule has 0 unspecified atom stereocenters. The van der Waals surface area contributed by atoms with Gasteiger partial charge < -0.3 is 19.0 Å². The normalized spacial score (nSPS) is 10.9. The number of fused-ring (bicyclic) bond motifs is 1. The Kier molecular flexibility index (Phi) is 4.33. The SMILES string of the molecule is CCn1c(-c2ccoc2)nc2cnc(Oc3cccc(NC(C)=O)c3)cc21. The number of carbonyl (C=O) groups is 1. The number of furan rings is 1. The molecule has 7 nitrogen and oxygen atoms in total. The van der Waals surface area contributed by atoms with Crippen molar-refractivity contribution in [2.75, 3.05) is 5.32 Å². The Labute approximate surface area is 155 Å². The van der Waals surface area contributed by atoms with E-state index >= 15 is 0 Å². The van der Waals surface area contributed by atoms with Crippen LogP contribution in [0.25, 0.3) is 22.4 Å². The number of rotatable bonds is 5. The first-order valence-electron chi connectivity index (χ1n) is 8.58. The molecule has 0 saturated heterocycles. The summed E-state index contributed by atoms with van der Waals surface area (Å²) in [5, 5.41) is 2.74. The number of aryl methyl sites for hydroxylation is 1. The molecule has 0 aliphatic carbocycles. The molecule has 0 saturated carbocycles. The average molecular weight is 362 g/mol. The number of nitrogens with zero attached hydrogens (tertiary/aromatic N) is 3. The van der Waals surface area contributed by atoms with E-state index < -0.39 is 0 Å². The second-order valence-electron chi connectivity index (χ2n) is 6.01. The summed E-state index contributed by atoms with van der Waals surface area (Å²) in [7, 11) is 0. The van der Waals surface area contributed by atoms with E-state index in [-0.39, 0.29) is 5.91 Å². The van der Waals surface area contributed by atoms with E-state index in [1.54, 1.807) is 30.9 Å². The van der Waals surface area contributed by atoms with E-state index in [0.29, 0.717) is 17.3 Å². The highest BCUT2D eigenvalue weighted by atomic mass is 16.5. The summed E-state index contributed by atoms with van der Waals surface area (Å²) in [5.74, 6) is 1.74. The van der Waals surface area contributed by atoms with Crippen molar-refractivity contribution in [3.05, 3.63) is 55.1 Å². The number of imidazole rings is 1. The highest BCUT2D eigenvalue weighted by Gasteiger charge is 2.14. The van der Waals surface area contributed by atoms with Gasteiger partial charge in [-0.15, -0.1) is 0 Å². The molecule has 0 fully saturated rings. The summed E-state index contributed by atoms with van der Waals surface area (Å²) < 4.78 is 13.2. The molecule has 4 rings (SSSR count). The van der Waals surface area contributed by atoms with Gasteiger partial charge in [0.25, 0.3) is 0 Å². The van der Waals surface area contributed by atoms with Crippen LogP contribution < -0.4 is 10.1 Å². The van der Waals surface area contributed by atoms with Crippen LogP contribution in [0.3, 0.4) is 0 Å². The fraction of sp³-hybridized carbons (Fsp3) is 0.150. The summed E-state index contributed by atoms with van der Waals surface area (Å²) >= 11 is 0. The second kappa shape index (κ2) is 6.95. The number of nitrogens with one attached hydrogen (secondary N) is 1. The van der Waals surface area contributed by atoms with Gasteiger partial charge in [-0.2, -0.15) is 0 Å². The third-order valence-electron chi connectivity index (χ3n) is 4.08. The zero-order valence-electron chi connectivity index (χ0n) is 15.0. The smallest absolute Gasteiger partial charge is 0.221 e. The molecule has 1 N–H and O–H groups in total. The van der Waals surface area contributed by atoms with Gasteiger partial charge in [0.2, 0.25) is 11.8 Å². The largest absolute Gasteiger partial charge is 0.472 e. The van der Waals surface area contributed by atoms with Crippen molar-refractivity contribution in [1.82, 2.24) is 14.5 Å². The van der Waals surface area contributed by atoms with Gasteiger partial charge in [-0.25, -0.2) is 9.97 Å². The van der Waals surface area contributed by atoms with Crippen LogP contribution in [-0.2, 0) is 11.3 Å². The fourth-order valence-corrected chi connectivity index (χ4v) is 2.96. The van der Waals surface area contributed by atoms with Gasteiger partial charge in [0.1, 0.15) is 23.4 Å².